The molecule has 0 spiro atoms. The third-order valence-electron chi connectivity index (χ3n) is 6.36. The van der Waals surface area contributed by atoms with Crippen LogP contribution >= 0.6 is 0 Å². The van der Waals surface area contributed by atoms with Gasteiger partial charge >= 0.3 is 215 Å². The van der Waals surface area contributed by atoms with E-state index in [1.165, 1.54) is 21.1 Å². The summed E-state index contributed by atoms with van der Waals surface area (Å²) in [6, 6.07) is 15.9. The third kappa shape index (κ3) is 7.71. The van der Waals surface area contributed by atoms with Crippen molar-refractivity contribution in [3.63, 3.8) is 0 Å². The molecule has 1 N–H and O–H groups in total. The first-order chi connectivity index (χ1) is 15.5. The average Bonchev–Trinajstić information content (AvgIpc) is 2.72. The molecule has 34 heavy (non-hydrogen) atoms. The van der Waals surface area contributed by atoms with Crippen molar-refractivity contribution >= 4 is 44.0 Å². The first kappa shape index (κ1) is 28.6. The van der Waals surface area contributed by atoms with E-state index in [0.29, 0.717) is 18.8 Å². The molecule has 188 valence electrons. The SMILES string of the molecule is CC(C)(C)C(=O)COc1ccc([Te]c2ccc(OCCC(C)(C)C(C)(C)S(=O)(=O)O)cc2)cc1. The van der Waals surface area contributed by atoms with Crippen molar-refractivity contribution in [3.05, 3.63) is 48.5 Å². The number of hydrogen-bond acceptors (Lipinski definition) is 5. The fraction of sp³-hybridized carbons (Fsp3) is 0.500. The molecule has 0 saturated carbocycles. The zero-order valence-electron chi connectivity index (χ0n) is 21.0. The van der Waals surface area contributed by atoms with Crippen LogP contribution in [0.5, 0.6) is 11.5 Å². The Bertz CT molecular complexity index is 1070. The second-order valence-corrected chi connectivity index (χ2v) is 15.7. The van der Waals surface area contributed by atoms with Crippen molar-refractivity contribution in [1.82, 2.24) is 0 Å². The fourth-order valence-corrected chi connectivity index (χ4v) is 5.91. The van der Waals surface area contributed by atoms with E-state index in [1.807, 2.05) is 71.0 Å². The van der Waals surface area contributed by atoms with Crippen molar-refractivity contribution in [2.24, 2.45) is 10.8 Å². The van der Waals surface area contributed by atoms with Gasteiger partial charge in [-0.1, -0.05) is 0 Å². The van der Waals surface area contributed by atoms with Gasteiger partial charge in [0, 0.05) is 0 Å². The summed E-state index contributed by atoms with van der Waals surface area (Å²) in [5.41, 5.74) is -1.07. The Hall–Kier alpha value is -1.59. The standard InChI is InChI=1S/C26H36O6STe/c1-24(2,3)23(27)18-32-20-10-14-22(15-11-20)34-21-12-8-19(9-13-21)31-17-16-25(4,5)26(6,7)33(28,29)30/h8-15H,16-18H2,1-7H3,(H,28,29,30). The summed E-state index contributed by atoms with van der Waals surface area (Å²) in [4.78, 5) is 12.0. The summed E-state index contributed by atoms with van der Waals surface area (Å²) < 4.78 is 45.7. The molecule has 0 aliphatic rings. The van der Waals surface area contributed by atoms with Crippen LogP contribution in [0.3, 0.4) is 0 Å². The average molecular weight is 604 g/mol. The van der Waals surface area contributed by atoms with Crippen LogP contribution in [0.25, 0.3) is 0 Å². The second-order valence-electron chi connectivity index (χ2n) is 10.5. The van der Waals surface area contributed by atoms with Crippen LogP contribution in [-0.2, 0) is 14.9 Å². The first-order valence-corrected chi connectivity index (χ1v) is 14.9. The van der Waals surface area contributed by atoms with Crippen LogP contribution < -0.4 is 16.7 Å². The maximum atomic E-state index is 12.0. The Morgan fingerprint density at radius 1 is 0.824 bits per heavy atom. The summed E-state index contributed by atoms with van der Waals surface area (Å²) in [6.45, 7) is 12.8. The monoisotopic (exact) mass is 606 g/mol. The number of Topliss-reactive ketones (excluding diaryl/α,β-unsaturated/α-hetero) is 1. The molecule has 0 aliphatic carbocycles. The predicted molar refractivity (Wildman–Crippen MR) is 137 cm³/mol. The van der Waals surface area contributed by atoms with Gasteiger partial charge in [-0.05, 0) is 0 Å². The zero-order chi connectivity index (χ0) is 25.8. The van der Waals surface area contributed by atoms with Crippen molar-refractivity contribution in [2.45, 2.75) is 59.6 Å². The number of carbonyl (C=O) groups excluding carboxylic acids is 1. The number of rotatable bonds is 11. The van der Waals surface area contributed by atoms with Crippen LogP contribution in [-0.4, -0.2) is 57.6 Å². The Kier molecular flexibility index (Phi) is 9.26. The van der Waals surface area contributed by atoms with E-state index in [9.17, 15) is 17.8 Å². The number of ether oxygens (including phenoxy) is 2. The van der Waals surface area contributed by atoms with E-state index in [1.54, 1.807) is 0 Å². The molecule has 0 aliphatic heterocycles. The molecule has 2 aromatic rings. The Balaban J connectivity index is 1.88. The molecular weight excluding hydrogens is 568 g/mol. The van der Waals surface area contributed by atoms with Crippen molar-refractivity contribution in [2.75, 3.05) is 13.2 Å². The summed E-state index contributed by atoms with van der Waals surface area (Å²) in [5.74, 6) is 1.49. The molecule has 6 nitrogen and oxygen atoms in total. The molecule has 0 amide bonds. The van der Waals surface area contributed by atoms with E-state index >= 15 is 0 Å². The molecule has 0 aromatic heterocycles. The predicted octanol–water partition coefficient (Wildman–Crippen LogP) is 3.80. The zero-order valence-corrected chi connectivity index (χ0v) is 24.2. The van der Waals surface area contributed by atoms with E-state index in [2.05, 4.69) is 12.1 Å². The minimum absolute atomic E-state index is 0.0679. The van der Waals surface area contributed by atoms with Gasteiger partial charge in [0.1, 0.15) is 0 Å². The van der Waals surface area contributed by atoms with Crippen LogP contribution in [0.15, 0.2) is 48.5 Å². The Labute approximate surface area is 214 Å². The normalized spacial score (nSPS) is 12.9. The van der Waals surface area contributed by atoms with Gasteiger partial charge in [0.15, 0.2) is 0 Å². The summed E-state index contributed by atoms with van der Waals surface area (Å²) >= 11 is -0.576. The molecule has 0 heterocycles. The Morgan fingerprint density at radius 2 is 1.26 bits per heavy atom. The number of hydrogen-bond donors (Lipinski definition) is 1. The van der Waals surface area contributed by atoms with E-state index < -0.39 is 46.6 Å². The van der Waals surface area contributed by atoms with Crippen molar-refractivity contribution in [1.29, 1.82) is 0 Å². The number of ketones is 1. The topological polar surface area (TPSA) is 89.9 Å². The van der Waals surface area contributed by atoms with Gasteiger partial charge < -0.3 is 0 Å². The minimum atomic E-state index is -4.18. The van der Waals surface area contributed by atoms with E-state index in [0.717, 1.165) is 5.75 Å². The van der Waals surface area contributed by atoms with Gasteiger partial charge in [0.25, 0.3) is 0 Å². The van der Waals surface area contributed by atoms with E-state index in [4.69, 9.17) is 9.47 Å². The molecule has 0 unspecified atom stereocenters. The van der Waals surface area contributed by atoms with Crippen molar-refractivity contribution in [3.8, 4) is 11.5 Å². The molecule has 0 atom stereocenters. The Morgan fingerprint density at radius 3 is 1.68 bits per heavy atom. The molecule has 0 saturated heterocycles. The molecular formula is C26H36O6STe. The van der Waals surface area contributed by atoms with Gasteiger partial charge in [-0.3, -0.25) is 0 Å². The quantitative estimate of drug-likeness (QED) is 0.310. The van der Waals surface area contributed by atoms with Gasteiger partial charge in [-0.15, -0.1) is 0 Å². The summed E-state index contributed by atoms with van der Waals surface area (Å²) in [7, 11) is -4.18. The molecule has 0 bridgehead atoms. The molecule has 2 aromatic carbocycles. The van der Waals surface area contributed by atoms with E-state index in [-0.39, 0.29) is 12.4 Å². The second kappa shape index (κ2) is 11.0. The van der Waals surface area contributed by atoms with Crippen LogP contribution in [0, 0.1) is 10.8 Å². The first-order valence-electron chi connectivity index (χ1n) is 11.2. The summed E-state index contributed by atoms with van der Waals surface area (Å²) in [6.07, 6.45) is 0.478. The van der Waals surface area contributed by atoms with Gasteiger partial charge in [0.05, 0.1) is 0 Å². The van der Waals surface area contributed by atoms with Crippen molar-refractivity contribution < 1.29 is 27.2 Å². The fourth-order valence-electron chi connectivity index (χ4n) is 2.78. The summed E-state index contributed by atoms with van der Waals surface area (Å²) in [5, 5.41) is 0. The van der Waals surface area contributed by atoms with Gasteiger partial charge in [-0.2, -0.15) is 0 Å². The van der Waals surface area contributed by atoms with Gasteiger partial charge in [0.2, 0.25) is 0 Å². The maximum absolute atomic E-state index is 12.0. The van der Waals surface area contributed by atoms with Crippen LogP contribution in [0.4, 0.5) is 0 Å². The molecule has 2 rings (SSSR count). The van der Waals surface area contributed by atoms with Gasteiger partial charge in [-0.25, -0.2) is 0 Å². The van der Waals surface area contributed by atoms with Crippen LogP contribution in [0.1, 0.15) is 54.9 Å². The number of benzene rings is 2. The van der Waals surface area contributed by atoms with Crippen LogP contribution in [0.2, 0.25) is 0 Å². The molecule has 0 radical (unpaired) electrons. The molecule has 0 fully saturated rings. The third-order valence-corrected chi connectivity index (χ3v) is 11.1. The number of carbonyl (C=O) groups is 1. The molecule has 8 heteroatoms.